The average Bonchev–Trinajstić information content (AvgIpc) is 2.65. The number of rotatable bonds is 1. The van der Waals surface area contributed by atoms with Crippen LogP contribution in [0.1, 0.15) is 53.9 Å². The van der Waals surface area contributed by atoms with Gasteiger partial charge in [-0.25, -0.2) is 0 Å². The van der Waals surface area contributed by atoms with Crippen molar-refractivity contribution in [1.29, 1.82) is 5.26 Å². The van der Waals surface area contributed by atoms with Gasteiger partial charge in [0.2, 0.25) is 0 Å². The molecular formula is C16H29N3. The van der Waals surface area contributed by atoms with Gasteiger partial charge in [-0.2, -0.15) is 5.26 Å². The lowest BCUT2D eigenvalue weighted by Gasteiger charge is -2.42. The topological polar surface area (TPSA) is 30.3 Å². The van der Waals surface area contributed by atoms with Gasteiger partial charge in [0, 0.05) is 29.6 Å². The molecule has 2 saturated heterocycles. The van der Waals surface area contributed by atoms with E-state index in [1.807, 2.05) is 0 Å². The maximum absolute atomic E-state index is 9.00. The van der Waals surface area contributed by atoms with Crippen LogP contribution in [0, 0.1) is 17.2 Å². The van der Waals surface area contributed by atoms with Gasteiger partial charge in [0.05, 0.1) is 6.07 Å². The van der Waals surface area contributed by atoms with Gasteiger partial charge in [0.15, 0.2) is 0 Å². The number of hydrogen-bond donors (Lipinski definition) is 0. The summed E-state index contributed by atoms with van der Waals surface area (Å²) in [5, 5.41) is 9.00. The van der Waals surface area contributed by atoms with E-state index in [-0.39, 0.29) is 11.1 Å². The fraction of sp³-hybridized carbons (Fsp3) is 0.938. The molecule has 0 aliphatic carbocycles. The van der Waals surface area contributed by atoms with Crippen LogP contribution in [-0.4, -0.2) is 46.6 Å². The second-order valence-corrected chi connectivity index (χ2v) is 7.89. The lowest BCUT2D eigenvalue weighted by Crippen LogP contribution is -2.50. The van der Waals surface area contributed by atoms with E-state index in [0.717, 1.165) is 25.9 Å². The van der Waals surface area contributed by atoms with E-state index < -0.39 is 0 Å². The highest BCUT2D eigenvalue weighted by Gasteiger charge is 2.45. The highest BCUT2D eigenvalue weighted by atomic mass is 15.3. The summed E-state index contributed by atoms with van der Waals surface area (Å²) in [7, 11) is 0. The van der Waals surface area contributed by atoms with Crippen molar-refractivity contribution in [3.05, 3.63) is 0 Å². The average molecular weight is 263 g/mol. The Bertz CT molecular complexity index is 353. The number of nitriles is 1. The molecule has 0 saturated carbocycles. The van der Waals surface area contributed by atoms with Crippen molar-refractivity contribution in [3.63, 3.8) is 0 Å². The van der Waals surface area contributed by atoms with E-state index in [4.69, 9.17) is 5.26 Å². The van der Waals surface area contributed by atoms with Gasteiger partial charge in [-0.05, 0) is 67.0 Å². The number of likely N-dealkylation sites (tertiary alicyclic amines) is 2. The lowest BCUT2D eigenvalue weighted by molar-refractivity contribution is 0.0641. The molecule has 19 heavy (non-hydrogen) atoms. The minimum absolute atomic E-state index is 0.239. The first kappa shape index (κ1) is 14.8. The molecule has 3 nitrogen and oxygen atoms in total. The minimum atomic E-state index is 0.239. The molecule has 0 spiro atoms. The molecule has 0 N–H and O–H groups in total. The smallest absolute Gasteiger partial charge is 0.0656 e. The normalized spacial score (nSPS) is 30.4. The van der Waals surface area contributed by atoms with Gasteiger partial charge in [0.1, 0.15) is 0 Å². The van der Waals surface area contributed by atoms with Crippen molar-refractivity contribution in [1.82, 2.24) is 9.80 Å². The Labute approximate surface area is 118 Å². The molecule has 0 radical (unpaired) electrons. The van der Waals surface area contributed by atoms with Crippen LogP contribution < -0.4 is 0 Å². The quantitative estimate of drug-likeness (QED) is 0.729. The van der Waals surface area contributed by atoms with Crippen molar-refractivity contribution < 1.29 is 0 Å². The fourth-order valence-electron chi connectivity index (χ4n) is 4.03. The van der Waals surface area contributed by atoms with Gasteiger partial charge in [-0.15, -0.1) is 0 Å². The Morgan fingerprint density at radius 1 is 1.16 bits per heavy atom. The predicted octanol–water partition coefficient (Wildman–Crippen LogP) is 2.87. The zero-order valence-corrected chi connectivity index (χ0v) is 13.2. The highest BCUT2D eigenvalue weighted by Crippen LogP contribution is 2.37. The van der Waals surface area contributed by atoms with E-state index in [0.29, 0.717) is 12.0 Å². The third-order valence-corrected chi connectivity index (χ3v) is 4.90. The zero-order chi connectivity index (χ0) is 14.3. The first-order valence-corrected chi connectivity index (χ1v) is 7.65. The zero-order valence-electron chi connectivity index (χ0n) is 13.2. The molecule has 108 valence electrons. The largest absolute Gasteiger partial charge is 0.299 e. The minimum Gasteiger partial charge on any atom is -0.299 e. The first-order valence-electron chi connectivity index (χ1n) is 7.65. The Hall–Kier alpha value is -0.590. The van der Waals surface area contributed by atoms with E-state index in [2.05, 4.69) is 50.5 Å². The Kier molecular flexibility index (Phi) is 3.95. The Morgan fingerprint density at radius 2 is 1.74 bits per heavy atom. The standard InChI is InChI=1S/C16H29N3/c1-15(2,3)19-12-14(10-16(19,4)5)18-8-6-13(11-17)7-9-18/h13-14H,6-10,12H2,1-5H3. The molecule has 0 aromatic rings. The van der Waals surface area contributed by atoms with Crippen LogP contribution in [0.2, 0.25) is 0 Å². The molecule has 2 aliphatic heterocycles. The molecule has 3 heteroatoms. The lowest BCUT2D eigenvalue weighted by atomic mass is 9.93. The van der Waals surface area contributed by atoms with Crippen molar-refractivity contribution in [3.8, 4) is 6.07 Å². The summed E-state index contributed by atoms with van der Waals surface area (Å²) < 4.78 is 0. The molecule has 2 fully saturated rings. The molecule has 0 aromatic heterocycles. The second-order valence-electron chi connectivity index (χ2n) is 7.89. The van der Waals surface area contributed by atoms with Crippen LogP contribution >= 0.6 is 0 Å². The molecule has 2 rings (SSSR count). The van der Waals surface area contributed by atoms with Gasteiger partial charge >= 0.3 is 0 Å². The summed E-state index contributed by atoms with van der Waals surface area (Å²) >= 11 is 0. The molecular weight excluding hydrogens is 234 g/mol. The van der Waals surface area contributed by atoms with Crippen molar-refractivity contribution in [2.24, 2.45) is 5.92 Å². The summed E-state index contributed by atoms with van der Waals surface area (Å²) in [6, 6.07) is 3.10. The summed E-state index contributed by atoms with van der Waals surface area (Å²) in [6.45, 7) is 15.1. The number of piperidine rings is 1. The van der Waals surface area contributed by atoms with Gasteiger partial charge in [-0.1, -0.05) is 0 Å². The third kappa shape index (κ3) is 3.12. The summed E-state index contributed by atoms with van der Waals surface area (Å²) in [5.41, 5.74) is 0.526. The van der Waals surface area contributed by atoms with E-state index >= 15 is 0 Å². The number of nitrogens with zero attached hydrogens (tertiary/aromatic N) is 3. The molecule has 1 unspecified atom stereocenters. The van der Waals surface area contributed by atoms with E-state index in [9.17, 15) is 0 Å². The molecule has 0 amide bonds. The number of hydrogen-bond acceptors (Lipinski definition) is 3. The van der Waals surface area contributed by atoms with Crippen LogP contribution in [0.5, 0.6) is 0 Å². The molecule has 2 aliphatic rings. The van der Waals surface area contributed by atoms with Gasteiger partial charge in [0.25, 0.3) is 0 Å². The Morgan fingerprint density at radius 3 is 2.16 bits per heavy atom. The fourth-order valence-corrected chi connectivity index (χ4v) is 4.03. The molecule has 0 aromatic carbocycles. The molecule has 0 bridgehead atoms. The molecule has 2 heterocycles. The maximum atomic E-state index is 9.00. The molecule has 1 atom stereocenters. The monoisotopic (exact) mass is 263 g/mol. The van der Waals surface area contributed by atoms with Crippen molar-refractivity contribution >= 4 is 0 Å². The van der Waals surface area contributed by atoms with Crippen molar-refractivity contribution in [2.75, 3.05) is 19.6 Å². The highest BCUT2D eigenvalue weighted by molar-refractivity contribution is 5.02. The third-order valence-electron chi connectivity index (χ3n) is 4.90. The van der Waals surface area contributed by atoms with Crippen molar-refractivity contribution in [2.45, 2.75) is 71.0 Å². The van der Waals surface area contributed by atoms with Crippen LogP contribution in [0.3, 0.4) is 0 Å². The second kappa shape index (κ2) is 5.07. The van der Waals surface area contributed by atoms with E-state index in [1.165, 1.54) is 13.0 Å². The summed E-state index contributed by atoms with van der Waals surface area (Å²) in [5.74, 6) is 0.296. The Balaban J connectivity index is 2.00. The van der Waals surface area contributed by atoms with Crippen LogP contribution in [-0.2, 0) is 0 Å². The van der Waals surface area contributed by atoms with Crippen LogP contribution in [0.4, 0.5) is 0 Å². The first-order chi connectivity index (χ1) is 8.74. The summed E-state index contributed by atoms with van der Waals surface area (Å²) in [6.07, 6.45) is 3.37. The SMILES string of the molecule is CC(C)(C)N1CC(N2CCC(C#N)CC2)CC1(C)C. The van der Waals surface area contributed by atoms with Gasteiger partial charge in [-0.3, -0.25) is 9.80 Å². The van der Waals surface area contributed by atoms with Crippen LogP contribution in [0.15, 0.2) is 0 Å². The van der Waals surface area contributed by atoms with Gasteiger partial charge < -0.3 is 0 Å². The maximum Gasteiger partial charge on any atom is 0.0656 e. The summed E-state index contributed by atoms with van der Waals surface area (Å²) in [4.78, 5) is 5.28. The van der Waals surface area contributed by atoms with Crippen LogP contribution in [0.25, 0.3) is 0 Å². The van der Waals surface area contributed by atoms with E-state index in [1.54, 1.807) is 0 Å². The predicted molar refractivity (Wildman–Crippen MR) is 78.9 cm³/mol.